The highest BCUT2D eigenvalue weighted by atomic mass is 35.5. The van der Waals surface area contributed by atoms with Crippen LogP contribution in [0.3, 0.4) is 0 Å². The predicted molar refractivity (Wildman–Crippen MR) is 135 cm³/mol. The summed E-state index contributed by atoms with van der Waals surface area (Å²) in [6.07, 6.45) is 5.80. The first-order valence-corrected chi connectivity index (χ1v) is 11.8. The number of ether oxygens (including phenoxy) is 2. The molecular weight excluding hydrogens is 416 g/mol. The average Bonchev–Trinajstić information content (AvgIpc) is 2.83. The fraction of sp³-hybridized carbons (Fsp3) is 0.310. The zero-order valence-electron chi connectivity index (χ0n) is 19.0. The van der Waals surface area contributed by atoms with Crippen LogP contribution in [0.1, 0.15) is 47.4 Å². The van der Waals surface area contributed by atoms with E-state index in [0.717, 1.165) is 46.7 Å². The standard InChI is InChI=1S/C29H29ClO2/c1-18-10-11-19(16-26(18)30)12-13-20-6-4-7-22-21(20)14-15-23-24-8-5-9-27(31-2)29(24)28(32-3)17-25(22)23/h5,8-11,14-17,20H,4,6-7,12-13H2,1-3H3/t20-/m0/s1. The van der Waals surface area contributed by atoms with Crippen LogP contribution in [0.25, 0.3) is 21.5 Å². The quantitative estimate of drug-likeness (QED) is 0.290. The van der Waals surface area contributed by atoms with E-state index in [4.69, 9.17) is 21.1 Å². The van der Waals surface area contributed by atoms with Crippen LogP contribution in [-0.2, 0) is 12.8 Å². The summed E-state index contributed by atoms with van der Waals surface area (Å²) < 4.78 is 11.5. The summed E-state index contributed by atoms with van der Waals surface area (Å²) in [5.74, 6) is 2.32. The summed E-state index contributed by atoms with van der Waals surface area (Å²) >= 11 is 6.36. The Morgan fingerprint density at radius 3 is 2.53 bits per heavy atom. The molecule has 3 heteroatoms. The minimum absolute atomic E-state index is 0.579. The highest BCUT2D eigenvalue weighted by Crippen LogP contribution is 2.44. The SMILES string of the molecule is COc1cccc2c1c(OC)cc1c3c(ccc12)[C@H](CCc1ccc(C)c(Cl)c1)CCC3. The summed E-state index contributed by atoms with van der Waals surface area (Å²) in [6.45, 7) is 2.06. The van der Waals surface area contributed by atoms with Gasteiger partial charge in [0.2, 0.25) is 0 Å². The van der Waals surface area contributed by atoms with Gasteiger partial charge < -0.3 is 9.47 Å². The minimum Gasteiger partial charge on any atom is -0.496 e. The third-order valence-electron chi connectivity index (χ3n) is 7.11. The number of rotatable bonds is 5. The van der Waals surface area contributed by atoms with Gasteiger partial charge in [-0.3, -0.25) is 0 Å². The largest absolute Gasteiger partial charge is 0.496 e. The van der Waals surface area contributed by atoms with Crippen molar-refractivity contribution in [1.82, 2.24) is 0 Å². The Bertz CT molecular complexity index is 1310. The van der Waals surface area contributed by atoms with Crippen LogP contribution in [0.2, 0.25) is 5.02 Å². The number of benzene rings is 4. The molecule has 1 atom stereocenters. The van der Waals surface area contributed by atoms with Crippen LogP contribution >= 0.6 is 11.6 Å². The molecule has 0 aliphatic heterocycles. The molecule has 1 aliphatic carbocycles. The maximum atomic E-state index is 6.36. The van der Waals surface area contributed by atoms with Gasteiger partial charge in [-0.15, -0.1) is 0 Å². The lowest BCUT2D eigenvalue weighted by Crippen LogP contribution is -2.11. The number of methoxy groups -OCH3 is 2. The molecule has 0 N–H and O–H groups in total. The average molecular weight is 445 g/mol. The third kappa shape index (κ3) is 3.61. The molecule has 0 aromatic heterocycles. The van der Waals surface area contributed by atoms with Crippen LogP contribution in [0.15, 0.2) is 54.6 Å². The van der Waals surface area contributed by atoms with Crippen molar-refractivity contribution in [2.24, 2.45) is 0 Å². The van der Waals surface area contributed by atoms with Crippen molar-refractivity contribution in [3.8, 4) is 11.5 Å². The van der Waals surface area contributed by atoms with Gasteiger partial charge in [-0.1, -0.05) is 48.0 Å². The van der Waals surface area contributed by atoms with E-state index in [9.17, 15) is 0 Å². The van der Waals surface area contributed by atoms with Gasteiger partial charge in [0, 0.05) is 5.02 Å². The Morgan fingerprint density at radius 2 is 1.75 bits per heavy atom. The number of aryl methyl sites for hydroxylation is 3. The molecule has 0 saturated carbocycles. The fourth-order valence-electron chi connectivity index (χ4n) is 5.40. The molecule has 0 spiro atoms. The van der Waals surface area contributed by atoms with E-state index in [1.54, 1.807) is 14.2 Å². The summed E-state index contributed by atoms with van der Waals surface area (Å²) in [5.41, 5.74) is 5.46. The van der Waals surface area contributed by atoms with Gasteiger partial charge in [0.15, 0.2) is 0 Å². The fourth-order valence-corrected chi connectivity index (χ4v) is 5.60. The Balaban J connectivity index is 1.57. The number of hydrogen-bond donors (Lipinski definition) is 0. The molecule has 0 unspecified atom stereocenters. The Labute approximate surface area is 195 Å². The second kappa shape index (κ2) is 8.67. The van der Waals surface area contributed by atoms with Gasteiger partial charge in [-0.2, -0.15) is 0 Å². The zero-order valence-corrected chi connectivity index (χ0v) is 19.8. The topological polar surface area (TPSA) is 18.5 Å². The zero-order chi connectivity index (χ0) is 22.2. The van der Waals surface area contributed by atoms with Crippen molar-refractivity contribution >= 4 is 33.1 Å². The molecule has 1 aliphatic rings. The van der Waals surface area contributed by atoms with E-state index in [1.807, 2.05) is 6.07 Å². The highest BCUT2D eigenvalue weighted by molar-refractivity contribution is 6.31. The molecule has 4 aromatic carbocycles. The summed E-state index contributed by atoms with van der Waals surface area (Å²) in [6, 6.07) is 19.6. The molecule has 2 nitrogen and oxygen atoms in total. The lowest BCUT2D eigenvalue weighted by atomic mass is 9.77. The Hall–Kier alpha value is -2.71. The molecule has 0 saturated heterocycles. The van der Waals surface area contributed by atoms with E-state index in [0.29, 0.717) is 5.92 Å². The maximum Gasteiger partial charge on any atom is 0.131 e. The molecule has 164 valence electrons. The molecule has 4 aromatic rings. The molecule has 0 bridgehead atoms. The van der Waals surface area contributed by atoms with Gasteiger partial charge in [-0.05, 0) is 102 Å². The minimum atomic E-state index is 0.579. The monoisotopic (exact) mass is 444 g/mol. The second-order valence-electron chi connectivity index (χ2n) is 8.90. The normalized spacial score (nSPS) is 15.7. The van der Waals surface area contributed by atoms with E-state index in [1.165, 1.54) is 45.7 Å². The summed E-state index contributed by atoms with van der Waals surface area (Å²) in [5, 5.41) is 5.71. The van der Waals surface area contributed by atoms with Crippen LogP contribution in [0.4, 0.5) is 0 Å². The van der Waals surface area contributed by atoms with Crippen molar-refractivity contribution in [3.63, 3.8) is 0 Å². The van der Waals surface area contributed by atoms with Crippen molar-refractivity contribution in [1.29, 1.82) is 0 Å². The van der Waals surface area contributed by atoms with E-state index in [2.05, 4.69) is 55.5 Å². The number of fused-ring (bicyclic) bond motifs is 5. The molecule has 5 rings (SSSR count). The second-order valence-corrected chi connectivity index (χ2v) is 9.31. The molecular formula is C29H29ClO2. The first-order chi connectivity index (χ1) is 15.6. The van der Waals surface area contributed by atoms with Gasteiger partial charge in [0.25, 0.3) is 0 Å². The van der Waals surface area contributed by atoms with Gasteiger partial charge in [0.05, 0.1) is 19.6 Å². The van der Waals surface area contributed by atoms with Crippen molar-refractivity contribution in [3.05, 3.63) is 81.9 Å². The van der Waals surface area contributed by atoms with Crippen LogP contribution in [-0.4, -0.2) is 14.2 Å². The van der Waals surface area contributed by atoms with Crippen LogP contribution < -0.4 is 9.47 Å². The number of hydrogen-bond acceptors (Lipinski definition) is 2. The lowest BCUT2D eigenvalue weighted by Gasteiger charge is -2.27. The first kappa shape index (κ1) is 21.2. The Kier molecular flexibility index (Phi) is 5.73. The predicted octanol–water partition coefficient (Wildman–Crippen LogP) is 8.02. The van der Waals surface area contributed by atoms with Crippen molar-refractivity contribution in [2.45, 2.75) is 44.9 Å². The molecule has 0 heterocycles. The number of halogens is 1. The van der Waals surface area contributed by atoms with Crippen LogP contribution in [0.5, 0.6) is 11.5 Å². The maximum absolute atomic E-state index is 6.36. The van der Waals surface area contributed by atoms with Crippen molar-refractivity contribution < 1.29 is 9.47 Å². The van der Waals surface area contributed by atoms with Gasteiger partial charge in [-0.25, -0.2) is 0 Å². The van der Waals surface area contributed by atoms with Crippen molar-refractivity contribution in [2.75, 3.05) is 14.2 Å². The molecule has 0 radical (unpaired) electrons. The lowest BCUT2D eigenvalue weighted by molar-refractivity contribution is 0.405. The summed E-state index contributed by atoms with van der Waals surface area (Å²) in [7, 11) is 3.47. The first-order valence-electron chi connectivity index (χ1n) is 11.4. The highest BCUT2D eigenvalue weighted by Gasteiger charge is 2.23. The third-order valence-corrected chi connectivity index (χ3v) is 7.52. The smallest absolute Gasteiger partial charge is 0.131 e. The molecule has 32 heavy (non-hydrogen) atoms. The molecule has 0 amide bonds. The van der Waals surface area contributed by atoms with E-state index < -0.39 is 0 Å². The molecule has 0 fully saturated rings. The summed E-state index contributed by atoms with van der Waals surface area (Å²) in [4.78, 5) is 0. The van der Waals surface area contributed by atoms with E-state index >= 15 is 0 Å². The van der Waals surface area contributed by atoms with E-state index in [-0.39, 0.29) is 0 Å². The van der Waals surface area contributed by atoms with Crippen LogP contribution in [0, 0.1) is 6.92 Å². The Morgan fingerprint density at radius 1 is 0.906 bits per heavy atom. The van der Waals surface area contributed by atoms with Gasteiger partial charge >= 0.3 is 0 Å². The van der Waals surface area contributed by atoms with Gasteiger partial charge in [0.1, 0.15) is 11.5 Å².